The van der Waals surface area contributed by atoms with Gasteiger partial charge in [-0.15, -0.1) is 0 Å². The number of hydrogen-bond donors (Lipinski definition) is 1. The Morgan fingerprint density at radius 2 is 2.08 bits per heavy atom. The van der Waals surface area contributed by atoms with Crippen molar-refractivity contribution in [2.45, 2.75) is 32.1 Å². The first kappa shape index (κ1) is 16.2. The van der Waals surface area contributed by atoms with Crippen molar-refractivity contribution in [2.75, 3.05) is 26.8 Å². The summed E-state index contributed by atoms with van der Waals surface area (Å²) in [5.74, 6) is 1.16. The monoisotopic (exact) mass is 342 g/mol. The quantitative estimate of drug-likeness (QED) is 0.771. The van der Waals surface area contributed by atoms with Crippen LogP contribution in [0.3, 0.4) is 0 Å². The van der Waals surface area contributed by atoms with Crippen molar-refractivity contribution in [1.29, 1.82) is 0 Å². The molecule has 8 nitrogen and oxygen atoms in total. The first-order chi connectivity index (χ1) is 12.1. The maximum atomic E-state index is 5.66. The number of nitrogens with zero attached hydrogens (tertiary/aromatic N) is 5. The number of aromatic nitrogens is 5. The molecule has 0 atom stereocenters. The molecule has 0 bridgehead atoms. The Morgan fingerprint density at radius 1 is 1.28 bits per heavy atom. The van der Waals surface area contributed by atoms with E-state index in [1.807, 2.05) is 19.9 Å². The molecule has 132 valence electrons. The second-order valence-electron chi connectivity index (χ2n) is 6.72. The van der Waals surface area contributed by atoms with E-state index in [0.29, 0.717) is 18.3 Å². The molecule has 0 spiro atoms. The van der Waals surface area contributed by atoms with E-state index in [9.17, 15) is 0 Å². The summed E-state index contributed by atoms with van der Waals surface area (Å²) in [5.41, 5.74) is 3.25. The van der Waals surface area contributed by atoms with Crippen molar-refractivity contribution in [2.24, 2.45) is 0 Å². The lowest BCUT2D eigenvalue weighted by atomic mass is 9.79. The molecule has 0 amide bonds. The van der Waals surface area contributed by atoms with Crippen molar-refractivity contribution in [3.8, 4) is 11.4 Å². The molecule has 0 aromatic carbocycles. The van der Waals surface area contributed by atoms with Crippen LogP contribution in [-0.4, -0.2) is 51.5 Å². The van der Waals surface area contributed by atoms with Crippen molar-refractivity contribution >= 4 is 5.65 Å². The van der Waals surface area contributed by atoms with Gasteiger partial charge >= 0.3 is 0 Å². The molecule has 0 radical (unpaired) electrons. The Labute approximate surface area is 145 Å². The molecule has 8 heteroatoms. The molecule has 0 saturated carbocycles. The third-order valence-electron chi connectivity index (χ3n) is 4.88. The van der Waals surface area contributed by atoms with Crippen molar-refractivity contribution < 1.29 is 9.26 Å². The number of fused-ring (bicyclic) bond motifs is 1. The maximum Gasteiger partial charge on any atom is 0.235 e. The summed E-state index contributed by atoms with van der Waals surface area (Å²) in [6.45, 7) is 6.37. The smallest absolute Gasteiger partial charge is 0.235 e. The van der Waals surface area contributed by atoms with Gasteiger partial charge in [-0.25, -0.2) is 9.50 Å². The lowest BCUT2D eigenvalue weighted by Gasteiger charge is -2.33. The van der Waals surface area contributed by atoms with Gasteiger partial charge in [0.25, 0.3) is 0 Å². The van der Waals surface area contributed by atoms with E-state index in [0.717, 1.165) is 48.5 Å². The molecule has 0 unspecified atom stereocenters. The predicted molar refractivity (Wildman–Crippen MR) is 91.4 cm³/mol. The molecule has 1 aliphatic rings. The molecular weight excluding hydrogens is 320 g/mol. The van der Waals surface area contributed by atoms with Gasteiger partial charge in [0.1, 0.15) is 0 Å². The molecule has 0 aliphatic carbocycles. The van der Waals surface area contributed by atoms with E-state index >= 15 is 0 Å². The summed E-state index contributed by atoms with van der Waals surface area (Å²) in [6.07, 6.45) is 3.57. The largest absolute Gasteiger partial charge is 0.384 e. The molecule has 3 aromatic rings. The van der Waals surface area contributed by atoms with E-state index in [1.54, 1.807) is 17.8 Å². The van der Waals surface area contributed by atoms with Gasteiger partial charge in [0, 0.05) is 18.5 Å². The summed E-state index contributed by atoms with van der Waals surface area (Å²) >= 11 is 0. The normalized spacial score (nSPS) is 17.2. The summed E-state index contributed by atoms with van der Waals surface area (Å²) in [7, 11) is 1.71. The van der Waals surface area contributed by atoms with Crippen LogP contribution in [-0.2, 0) is 10.2 Å². The first-order valence-electron chi connectivity index (χ1n) is 8.49. The van der Waals surface area contributed by atoms with Gasteiger partial charge in [-0.05, 0) is 45.8 Å². The Kier molecular flexibility index (Phi) is 4.01. The van der Waals surface area contributed by atoms with Crippen LogP contribution in [0.5, 0.6) is 0 Å². The number of piperidine rings is 1. The van der Waals surface area contributed by atoms with E-state index in [-0.39, 0.29) is 5.41 Å². The van der Waals surface area contributed by atoms with Crippen LogP contribution in [0.2, 0.25) is 0 Å². The van der Waals surface area contributed by atoms with E-state index in [1.165, 1.54) is 0 Å². The van der Waals surface area contributed by atoms with Crippen LogP contribution >= 0.6 is 0 Å². The topological polar surface area (TPSA) is 90.4 Å². The Balaban J connectivity index is 1.76. The fourth-order valence-corrected chi connectivity index (χ4v) is 3.58. The second kappa shape index (κ2) is 6.20. The molecule has 1 fully saturated rings. The average molecular weight is 342 g/mol. The van der Waals surface area contributed by atoms with Gasteiger partial charge < -0.3 is 14.6 Å². The summed E-state index contributed by atoms with van der Waals surface area (Å²) < 4.78 is 12.9. The highest BCUT2D eigenvalue weighted by atomic mass is 16.5. The lowest BCUT2D eigenvalue weighted by Crippen LogP contribution is -2.43. The zero-order valence-corrected chi connectivity index (χ0v) is 14.7. The number of nitrogens with one attached hydrogen (secondary N) is 1. The van der Waals surface area contributed by atoms with Crippen LogP contribution < -0.4 is 5.32 Å². The number of methoxy groups -OCH3 is 1. The minimum Gasteiger partial charge on any atom is -0.384 e. The van der Waals surface area contributed by atoms with Gasteiger partial charge in [0.15, 0.2) is 5.65 Å². The molecule has 1 saturated heterocycles. The van der Waals surface area contributed by atoms with E-state index < -0.39 is 0 Å². The van der Waals surface area contributed by atoms with Gasteiger partial charge in [-0.3, -0.25) is 0 Å². The molecule has 1 N–H and O–H groups in total. The molecular formula is C17H22N6O2. The van der Waals surface area contributed by atoms with Gasteiger partial charge in [-0.2, -0.15) is 10.1 Å². The Morgan fingerprint density at radius 3 is 2.84 bits per heavy atom. The van der Waals surface area contributed by atoms with Crippen LogP contribution in [0.1, 0.15) is 30.1 Å². The van der Waals surface area contributed by atoms with Gasteiger partial charge in [0.05, 0.1) is 23.8 Å². The zero-order chi connectivity index (χ0) is 17.4. The highest BCUT2D eigenvalue weighted by Gasteiger charge is 2.39. The fourth-order valence-electron chi connectivity index (χ4n) is 3.58. The molecule has 25 heavy (non-hydrogen) atoms. The maximum absolute atomic E-state index is 5.66. The fraction of sp³-hybridized carbons (Fsp3) is 0.529. The SMILES string of the molecule is COCC1(c2nc(-c3cnn4c(C)cc(C)nc34)no2)CCNCC1. The summed E-state index contributed by atoms with van der Waals surface area (Å²) in [5, 5.41) is 12.0. The Hall–Kier alpha value is -2.32. The van der Waals surface area contributed by atoms with Crippen molar-refractivity contribution in [3.05, 3.63) is 29.5 Å². The van der Waals surface area contributed by atoms with E-state index in [2.05, 4.69) is 20.6 Å². The Bertz CT molecular complexity index is 888. The highest BCUT2D eigenvalue weighted by molar-refractivity contribution is 5.72. The minimum atomic E-state index is -0.229. The number of aryl methyl sites for hydroxylation is 2. The minimum absolute atomic E-state index is 0.229. The summed E-state index contributed by atoms with van der Waals surface area (Å²) in [6, 6.07) is 1.99. The van der Waals surface area contributed by atoms with Crippen LogP contribution in [0.15, 0.2) is 16.8 Å². The highest BCUT2D eigenvalue weighted by Crippen LogP contribution is 2.34. The molecule has 1 aliphatic heterocycles. The summed E-state index contributed by atoms with van der Waals surface area (Å²) in [4.78, 5) is 9.29. The standard InChI is InChI=1S/C17H22N6O2/c1-11-8-12(2)23-15(20-11)13(9-19-23)14-21-16(25-22-14)17(10-24-3)4-6-18-7-5-17/h8-9,18H,4-7,10H2,1-3H3. The number of hydrogen-bond acceptors (Lipinski definition) is 7. The number of ether oxygens (including phenoxy) is 1. The third kappa shape index (κ3) is 2.71. The van der Waals surface area contributed by atoms with Gasteiger partial charge in [0.2, 0.25) is 11.7 Å². The average Bonchev–Trinajstić information content (AvgIpc) is 3.23. The molecule has 3 aromatic heterocycles. The third-order valence-corrected chi connectivity index (χ3v) is 4.88. The number of rotatable bonds is 4. The molecule has 4 rings (SSSR count). The van der Waals surface area contributed by atoms with Crippen molar-refractivity contribution in [3.63, 3.8) is 0 Å². The van der Waals surface area contributed by atoms with Crippen molar-refractivity contribution in [1.82, 2.24) is 30.1 Å². The zero-order valence-electron chi connectivity index (χ0n) is 14.7. The molecule has 4 heterocycles. The second-order valence-corrected chi connectivity index (χ2v) is 6.72. The van der Waals surface area contributed by atoms with Crippen LogP contribution in [0, 0.1) is 13.8 Å². The van der Waals surface area contributed by atoms with E-state index in [4.69, 9.17) is 14.2 Å². The van der Waals surface area contributed by atoms with Crippen LogP contribution in [0.25, 0.3) is 17.0 Å². The van der Waals surface area contributed by atoms with Crippen LogP contribution in [0.4, 0.5) is 0 Å². The predicted octanol–water partition coefficient (Wildman–Crippen LogP) is 1.66. The van der Waals surface area contributed by atoms with Gasteiger partial charge in [-0.1, -0.05) is 5.16 Å². The first-order valence-corrected chi connectivity index (χ1v) is 8.49. The lowest BCUT2D eigenvalue weighted by molar-refractivity contribution is 0.0850.